The van der Waals surface area contributed by atoms with Crippen molar-refractivity contribution in [2.45, 2.75) is 76.3 Å². The third kappa shape index (κ3) is 9.09. The molecule has 0 radical (unpaired) electrons. The van der Waals surface area contributed by atoms with E-state index >= 15 is 0 Å². The van der Waals surface area contributed by atoms with Gasteiger partial charge >= 0.3 is 0 Å². The van der Waals surface area contributed by atoms with E-state index in [1.54, 1.807) is 12.1 Å². The maximum atomic E-state index is 11.3. The Kier molecular flexibility index (Phi) is 11.4. The van der Waals surface area contributed by atoms with Crippen molar-refractivity contribution in [3.05, 3.63) is 29.8 Å². The Morgan fingerprint density at radius 3 is 2.43 bits per heavy atom. The lowest BCUT2D eigenvalue weighted by Crippen LogP contribution is -2.42. The molecule has 0 heterocycles. The lowest BCUT2D eigenvalue weighted by Gasteiger charge is -2.24. The molecule has 6 nitrogen and oxygen atoms in total. The highest BCUT2D eigenvalue weighted by Crippen LogP contribution is 2.27. The molecule has 8 heteroatoms. The average molecular weight is 522 g/mol. The molecule has 0 saturated heterocycles. The summed E-state index contributed by atoms with van der Waals surface area (Å²) >= 11 is 0. The van der Waals surface area contributed by atoms with E-state index in [1.807, 2.05) is 6.92 Å². The lowest BCUT2D eigenvalue weighted by molar-refractivity contribution is 0.322. The first-order valence-corrected chi connectivity index (χ1v) is 11.6. The molecule has 28 heavy (non-hydrogen) atoms. The first kappa shape index (κ1) is 25.2. The minimum absolute atomic E-state index is 0. The molecular weight excluding hydrogens is 487 g/mol. The van der Waals surface area contributed by atoms with Crippen molar-refractivity contribution in [3.63, 3.8) is 0 Å². The van der Waals surface area contributed by atoms with Gasteiger partial charge in [0.15, 0.2) is 5.96 Å². The molecule has 0 spiro atoms. The SMILES string of the molecule is CCNC(=NCc1ccc(S(N)(=O)=O)cc1)NC(C)CCC1CCCCC1.I. The standard InChI is InChI=1S/C20H34N4O2S.HI/c1-3-22-20(24-16(2)9-10-17-7-5-4-6-8-17)23-15-18-11-13-19(14-12-18)27(21,25)26;/h11-14,16-17H,3-10,15H2,1-2H3,(H2,21,25,26)(H2,22,23,24);1H. The van der Waals surface area contributed by atoms with Crippen molar-refractivity contribution in [2.75, 3.05) is 6.54 Å². The Morgan fingerprint density at radius 2 is 1.86 bits per heavy atom. The minimum atomic E-state index is -3.65. The fourth-order valence-corrected chi connectivity index (χ4v) is 4.06. The predicted molar refractivity (Wildman–Crippen MR) is 126 cm³/mol. The Labute approximate surface area is 187 Å². The van der Waals surface area contributed by atoms with Gasteiger partial charge in [-0.25, -0.2) is 18.5 Å². The summed E-state index contributed by atoms with van der Waals surface area (Å²) in [6.45, 7) is 5.53. The Hall–Kier alpha value is -0.870. The molecule has 4 N–H and O–H groups in total. The quantitative estimate of drug-likeness (QED) is 0.275. The summed E-state index contributed by atoms with van der Waals surface area (Å²) in [6, 6.07) is 6.91. The van der Waals surface area contributed by atoms with E-state index in [2.05, 4.69) is 22.5 Å². The van der Waals surface area contributed by atoms with Crippen LogP contribution in [0.25, 0.3) is 0 Å². The molecule has 1 aromatic rings. The highest BCUT2D eigenvalue weighted by atomic mass is 127. The molecule has 0 bridgehead atoms. The number of nitrogens with two attached hydrogens (primary N) is 1. The summed E-state index contributed by atoms with van der Waals surface area (Å²) in [7, 11) is -3.65. The molecule has 1 atom stereocenters. The normalized spacial score (nSPS) is 16.9. The van der Waals surface area contributed by atoms with Crippen LogP contribution in [0.1, 0.15) is 64.4 Å². The van der Waals surface area contributed by atoms with E-state index in [-0.39, 0.29) is 28.9 Å². The Balaban J connectivity index is 0.00000392. The van der Waals surface area contributed by atoms with Crippen LogP contribution in [-0.4, -0.2) is 27.0 Å². The number of guanidine groups is 1. The van der Waals surface area contributed by atoms with Gasteiger partial charge in [-0.05, 0) is 50.3 Å². The number of aliphatic imine (C=N–C) groups is 1. The van der Waals surface area contributed by atoms with E-state index < -0.39 is 10.0 Å². The van der Waals surface area contributed by atoms with Crippen LogP contribution in [0.15, 0.2) is 34.2 Å². The third-order valence-electron chi connectivity index (χ3n) is 5.13. The number of benzene rings is 1. The number of sulfonamides is 1. The summed E-state index contributed by atoms with van der Waals surface area (Å²) in [5.41, 5.74) is 0.939. The molecule has 1 aliphatic carbocycles. The maximum absolute atomic E-state index is 11.3. The second-order valence-corrected chi connectivity index (χ2v) is 9.07. The van der Waals surface area contributed by atoms with Crippen molar-refractivity contribution in [3.8, 4) is 0 Å². The van der Waals surface area contributed by atoms with Crippen LogP contribution < -0.4 is 15.8 Å². The second-order valence-electron chi connectivity index (χ2n) is 7.51. The highest BCUT2D eigenvalue weighted by molar-refractivity contribution is 14.0. The van der Waals surface area contributed by atoms with E-state index in [0.717, 1.165) is 30.4 Å². The van der Waals surface area contributed by atoms with Gasteiger partial charge in [-0.1, -0.05) is 44.2 Å². The molecule has 0 aliphatic heterocycles. The number of primary sulfonamides is 1. The predicted octanol–water partition coefficient (Wildman–Crippen LogP) is 3.76. The van der Waals surface area contributed by atoms with E-state index in [0.29, 0.717) is 12.6 Å². The number of nitrogens with one attached hydrogen (secondary N) is 2. The first-order valence-electron chi connectivity index (χ1n) is 10.0. The second kappa shape index (κ2) is 12.6. The van der Waals surface area contributed by atoms with E-state index in [9.17, 15) is 8.42 Å². The molecule has 1 aliphatic rings. The number of halogens is 1. The number of hydrogen-bond acceptors (Lipinski definition) is 3. The molecule has 1 aromatic carbocycles. The van der Waals surface area contributed by atoms with Gasteiger partial charge in [-0.15, -0.1) is 24.0 Å². The van der Waals surface area contributed by atoms with Crippen molar-refractivity contribution >= 4 is 40.0 Å². The minimum Gasteiger partial charge on any atom is -0.357 e. The van der Waals surface area contributed by atoms with Crippen molar-refractivity contribution in [1.82, 2.24) is 10.6 Å². The fraction of sp³-hybridized carbons (Fsp3) is 0.650. The Morgan fingerprint density at radius 1 is 1.21 bits per heavy atom. The summed E-state index contributed by atoms with van der Waals surface area (Å²) < 4.78 is 22.6. The Bertz CT molecular complexity index is 701. The van der Waals surface area contributed by atoms with Gasteiger partial charge in [0.1, 0.15) is 0 Å². The zero-order valence-corrected chi connectivity index (χ0v) is 20.1. The molecule has 1 unspecified atom stereocenters. The number of nitrogens with zero attached hydrogens (tertiary/aromatic N) is 1. The third-order valence-corrected chi connectivity index (χ3v) is 6.06. The zero-order chi connectivity index (χ0) is 19.7. The molecule has 1 fully saturated rings. The largest absolute Gasteiger partial charge is 0.357 e. The number of hydrogen-bond donors (Lipinski definition) is 3. The highest BCUT2D eigenvalue weighted by Gasteiger charge is 2.15. The van der Waals surface area contributed by atoms with E-state index in [4.69, 9.17) is 5.14 Å². The molecule has 0 amide bonds. The van der Waals surface area contributed by atoms with Crippen molar-refractivity contribution in [1.29, 1.82) is 0 Å². The lowest BCUT2D eigenvalue weighted by atomic mass is 9.85. The smallest absolute Gasteiger partial charge is 0.238 e. The van der Waals surface area contributed by atoms with Crippen LogP contribution in [-0.2, 0) is 16.6 Å². The van der Waals surface area contributed by atoms with Crippen LogP contribution in [0.3, 0.4) is 0 Å². The summed E-state index contributed by atoms with van der Waals surface area (Å²) in [6.07, 6.45) is 9.38. The molecular formula is C20H35IN4O2S. The summed E-state index contributed by atoms with van der Waals surface area (Å²) in [5.74, 6) is 1.68. The number of rotatable bonds is 8. The van der Waals surface area contributed by atoms with Crippen LogP contribution in [0.4, 0.5) is 0 Å². The van der Waals surface area contributed by atoms with Crippen LogP contribution in [0.2, 0.25) is 0 Å². The monoisotopic (exact) mass is 522 g/mol. The maximum Gasteiger partial charge on any atom is 0.238 e. The fourth-order valence-electron chi connectivity index (χ4n) is 3.54. The van der Waals surface area contributed by atoms with Gasteiger partial charge in [0.05, 0.1) is 11.4 Å². The summed E-state index contributed by atoms with van der Waals surface area (Å²) in [4.78, 5) is 4.75. The van der Waals surface area contributed by atoms with Crippen molar-refractivity contribution < 1.29 is 8.42 Å². The van der Waals surface area contributed by atoms with Gasteiger partial charge in [-0.2, -0.15) is 0 Å². The average Bonchev–Trinajstić information content (AvgIpc) is 2.65. The van der Waals surface area contributed by atoms with Crippen LogP contribution in [0.5, 0.6) is 0 Å². The first-order chi connectivity index (χ1) is 12.9. The van der Waals surface area contributed by atoms with Crippen molar-refractivity contribution in [2.24, 2.45) is 16.0 Å². The molecule has 1 saturated carbocycles. The van der Waals surface area contributed by atoms with E-state index in [1.165, 1.54) is 50.7 Å². The zero-order valence-electron chi connectivity index (χ0n) is 17.0. The molecule has 160 valence electrons. The van der Waals surface area contributed by atoms with Crippen LogP contribution in [0, 0.1) is 5.92 Å². The van der Waals surface area contributed by atoms with Gasteiger partial charge < -0.3 is 10.6 Å². The van der Waals surface area contributed by atoms with Gasteiger partial charge in [0.2, 0.25) is 10.0 Å². The molecule has 0 aromatic heterocycles. The molecule has 2 rings (SSSR count). The van der Waals surface area contributed by atoms with Crippen LogP contribution >= 0.6 is 24.0 Å². The van der Waals surface area contributed by atoms with Gasteiger partial charge in [0.25, 0.3) is 0 Å². The van der Waals surface area contributed by atoms with Gasteiger partial charge in [0, 0.05) is 12.6 Å². The van der Waals surface area contributed by atoms with Gasteiger partial charge in [-0.3, -0.25) is 0 Å². The summed E-state index contributed by atoms with van der Waals surface area (Å²) in [5, 5.41) is 11.9. The topological polar surface area (TPSA) is 96.6 Å².